The number of ether oxygens (including phenoxy) is 2. The molecule has 1 N–H and O–H groups in total. The molecule has 3 aromatic carbocycles. The van der Waals surface area contributed by atoms with Gasteiger partial charge in [0.15, 0.2) is 0 Å². The molecule has 4 aromatic rings. The first-order valence-corrected chi connectivity index (χ1v) is 13.0. The van der Waals surface area contributed by atoms with Gasteiger partial charge in [0.2, 0.25) is 5.13 Å². The number of benzene rings is 3. The summed E-state index contributed by atoms with van der Waals surface area (Å²) in [4.78, 5) is 0.127. The fourth-order valence-corrected chi connectivity index (χ4v) is 5.20. The number of nitrogens with one attached hydrogen (secondary N) is 1. The number of hydrogen-bond acceptors (Lipinski definition) is 7. The van der Waals surface area contributed by atoms with E-state index in [4.69, 9.17) is 9.47 Å². The van der Waals surface area contributed by atoms with Crippen LogP contribution >= 0.6 is 11.3 Å². The molecule has 0 bridgehead atoms. The second-order valence-corrected chi connectivity index (χ2v) is 10.6. The third kappa shape index (κ3) is 5.55. The summed E-state index contributed by atoms with van der Waals surface area (Å²) in [5, 5.41) is 8.94. The molecule has 0 aliphatic heterocycles. The van der Waals surface area contributed by atoms with Crippen LogP contribution in [0.4, 0.5) is 5.13 Å². The molecule has 1 heterocycles. The summed E-state index contributed by atoms with van der Waals surface area (Å²) >= 11 is 1.23. The molecule has 7 nitrogen and oxygen atoms in total. The maximum Gasteiger partial charge on any atom is 0.263 e. The molecule has 0 aliphatic carbocycles. The first-order valence-electron chi connectivity index (χ1n) is 10.7. The molecular formula is C25H25N3O4S2. The number of aromatic nitrogens is 2. The van der Waals surface area contributed by atoms with Crippen molar-refractivity contribution in [1.82, 2.24) is 10.2 Å². The lowest BCUT2D eigenvalue weighted by Crippen LogP contribution is -2.12. The van der Waals surface area contributed by atoms with E-state index in [0.29, 0.717) is 12.4 Å². The fourth-order valence-electron chi connectivity index (χ4n) is 3.23. The molecule has 0 radical (unpaired) electrons. The van der Waals surface area contributed by atoms with Crippen molar-refractivity contribution in [3.05, 3.63) is 83.4 Å². The minimum atomic E-state index is -3.75. The molecule has 9 heteroatoms. The largest absolute Gasteiger partial charge is 0.496 e. The summed E-state index contributed by atoms with van der Waals surface area (Å²) in [6, 6.07) is 22.2. The Balaban J connectivity index is 1.38. The van der Waals surface area contributed by atoms with Crippen LogP contribution in [-0.2, 0) is 16.6 Å². The van der Waals surface area contributed by atoms with Crippen molar-refractivity contribution < 1.29 is 17.9 Å². The molecule has 0 saturated heterocycles. The summed E-state index contributed by atoms with van der Waals surface area (Å²) in [7, 11) is -2.10. The highest BCUT2D eigenvalue weighted by atomic mass is 32.2. The van der Waals surface area contributed by atoms with E-state index >= 15 is 0 Å². The standard InChI is InChI=1S/C25H25N3O4S2/c1-17(2)24-26-27-25(33-24)28-34(29,30)21-14-12-20(13-15-21)32-16-18-8-10-19(11-9-18)22-6-4-5-7-23(22)31-3/h4-15,17H,16H2,1-3H3,(H,27,28). The summed E-state index contributed by atoms with van der Waals surface area (Å²) in [5.74, 6) is 1.58. The Morgan fingerprint density at radius 2 is 1.65 bits per heavy atom. The zero-order valence-corrected chi connectivity index (χ0v) is 20.7. The van der Waals surface area contributed by atoms with Gasteiger partial charge in [-0.15, -0.1) is 10.2 Å². The highest BCUT2D eigenvalue weighted by Gasteiger charge is 2.18. The minimum absolute atomic E-state index is 0.127. The molecular weight excluding hydrogens is 470 g/mol. The van der Waals surface area contributed by atoms with Gasteiger partial charge in [0.1, 0.15) is 23.1 Å². The van der Waals surface area contributed by atoms with Gasteiger partial charge in [-0.1, -0.05) is 67.6 Å². The van der Waals surface area contributed by atoms with Crippen LogP contribution < -0.4 is 14.2 Å². The molecule has 0 atom stereocenters. The van der Waals surface area contributed by atoms with Crippen LogP contribution in [0.25, 0.3) is 11.1 Å². The van der Waals surface area contributed by atoms with E-state index in [2.05, 4.69) is 14.9 Å². The van der Waals surface area contributed by atoms with Crippen molar-refractivity contribution in [2.24, 2.45) is 0 Å². The summed E-state index contributed by atoms with van der Waals surface area (Å²) in [6.45, 7) is 4.32. The van der Waals surface area contributed by atoms with Crippen molar-refractivity contribution in [1.29, 1.82) is 0 Å². The van der Waals surface area contributed by atoms with Crippen LogP contribution in [0.15, 0.2) is 77.7 Å². The number of methoxy groups -OCH3 is 1. The Labute approximate surface area is 203 Å². The lowest BCUT2D eigenvalue weighted by Gasteiger charge is -2.10. The Morgan fingerprint density at radius 3 is 2.29 bits per heavy atom. The van der Waals surface area contributed by atoms with Crippen LogP contribution in [-0.4, -0.2) is 25.7 Å². The lowest BCUT2D eigenvalue weighted by molar-refractivity contribution is 0.306. The molecule has 0 fully saturated rings. The predicted octanol–water partition coefficient (Wildman–Crippen LogP) is 5.72. The average molecular weight is 496 g/mol. The monoisotopic (exact) mass is 495 g/mol. The van der Waals surface area contributed by atoms with E-state index in [0.717, 1.165) is 27.4 Å². The van der Waals surface area contributed by atoms with E-state index < -0.39 is 10.0 Å². The molecule has 4 rings (SSSR count). The fraction of sp³-hybridized carbons (Fsp3) is 0.200. The second-order valence-electron chi connectivity index (χ2n) is 7.86. The highest BCUT2D eigenvalue weighted by molar-refractivity contribution is 7.93. The Bertz CT molecular complexity index is 1350. The van der Waals surface area contributed by atoms with E-state index in [-0.39, 0.29) is 15.9 Å². The summed E-state index contributed by atoms with van der Waals surface area (Å²) < 4.78 is 39.0. The topological polar surface area (TPSA) is 90.4 Å². The van der Waals surface area contributed by atoms with Gasteiger partial charge in [0.05, 0.1) is 12.0 Å². The molecule has 0 spiro atoms. The van der Waals surface area contributed by atoms with Gasteiger partial charge in [0, 0.05) is 11.5 Å². The summed E-state index contributed by atoms with van der Waals surface area (Å²) in [5.41, 5.74) is 3.07. The maximum absolute atomic E-state index is 12.6. The summed E-state index contributed by atoms with van der Waals surface area (Å²) in [6.07, 6.45) is 0. The van der Waals surface area contributed by atoms with Crippen LogP contribution in [0.5, 0.6) is 11.5 Å². The molecule has 0 unspecified atom stereocenters. The molecule has 0 aliphatic rings. The van der Waals surface area contributed by atoms with Crippen molar-refractivity contribution in [2.45, 2.75) is 31.3 Å². The van der Waals surface area contributed by atoms with Crippen molar-refractivity contribution in [2.75, 3.05) is 11.8 Å². The molecule has 34 heavy (non-hydrogen) atoms. The Morgan fingerprint density at radius 1 is 0.941 bits per heavy atom. The zero-order chi connectivity index (χ0) is 24.1. The van der Waals surface area contributed by atoms with Crippen molar-refractivity contribution in [3.8, 4) is 22.6 Å². The van der Waals surface area contributed by atoms with Gasteiger partial charge < -0.3 is 9.47 Å². The molecule has 0 saturated carbocycles. The normalized spacial score (nSPS) is 11.4. The lowest BCUT2D eigenvalue weighted by atomic mass is 10.0. The van der Waals surface area contributed by atoms with Gasteiger partial charge >= 0.3 is 0 Å². The molecule has 1 aromatic heterocycles. The smallest absolute Gasteiger partial charge is 0.263 e. The van der Waals surface area contributed by atoms with Gasteiger partial charge in [-0.3, -0.25) is 4.72 Å². The first kappa shape index (κ1) is 23.7. The van der Waals surface area contributed by atoms with Crippen LogP contribution in [0.1, 0.15) is 30.3 Å². The number of hydrogen-bond donors (Lipinski definition) is 1. The quantitative estimate of drug-likeness (QED) is 0.320. The van der Waals surface area contributed by atoms with Crippen LogP contribution in [0.3, 0.4) is 0 Å². The van der Waals surface area contributed by atoms with Crippen LogP contribution in [0, 0.1) is 0 Å². The molecule has 0 amide bonds. The van der Waals surface area contributed by atoms with Gasteiger partial charge in [0.25, 0.3) is 10.0 Å². The Kier molecular flexibility index (Phi) is 7.14. The number of rotatable bonds is 9. The third-order valence-corrected chi connectivity index (χ3v) is 7.69. The number of anilines is 1. The average Bonchev–Trinajstić information content (AvgIpc) is 3.31. The number of para-hydroxylation sites is 1. The van der Waals surface area contributed by atoms with E-state index in [1.165, 1.54) is 23.5 Å². The Hall–Kier alpha value is -3.43. The van der Waals surface area contributed by atoms with Gasteiger partial charge in [-0.05, 0) is 41.5 Å². The second kappa shape index (κ2) is 10.2. The number of nitrogens with zero attached hydrogens (tertiary/aromatic N) is 2. The van der Waals surface area contributed by atoms with Gasteiger partial charge in [-0.25, -0.2) is 8.42 Å². The van der Waals surface area contributed by atoms with Crippen LogP contribution in [0.2, 0.25) is 0 Å². The SMILES string of the molecule is COc1ccccc1-c1ccc(COc2ccc(S(=O)(=O)Nc3nnc(C(C)C)s3)cc2)cc1. The van der Waals surface area contributed by atoms with E-state index in [1.54, 1.807) is 19.2 Å². The van der Waals surface area contributed by atoms with Gasteiger partial charge in [-0.2, -0.15) is 0 Å². The van der Waals surface area contributed by atoms with E-state index in [1.807, 2.05) is 62.4 Å². The van der Waals surface area contributed by atoms with E-state index in [9.17, 15) is 8.42 Å². The zero-order valence-electron chi connectivity index (χ0n) is 19.1. The number of sulfonamides is 1. The van der Waals surface area contributed by atoms with Crippen molar-refractivity contribution in [3.63, 3.8) is 0 Å². The first-order chi connectivity index (χ1) is 16.4. The predicted molar refractivity (Wildman–Crippen MR) is 134 cm³/mol. The minimum Gasteiger partial charge on any atom is -0.496 e. The maximum atomic E-state index is 12.6. The highest BCUT2D eigenvalue weighted by Crippen LogP contribution is 2.30. The van der Waals surface area contributed by atoms with Crippen molar-refractivity contribution >= 4 is 26.5 Å². The third-order valence-electron chi connectivity index (χ3n) is 5.07. The molecule has 176 valence electrons.